The first-order valence-corrected chi connectivity index (χ1v) is 46.2. The topological polar surface area (TPSA) is 144 Å². The lowest BCUT2D eigenvalue weighted by molar-refractivity contribution is -0.109. The summed E-state index contributed by atoms with van der Waals surface area (Å²) in [5, 5.41) is 2.11. The first-order chi connectivity index (χ1) is 61.0. The van der Waals surface area contributed by atoms with Crippen LogP contribution in [0.15, 0.2) is 239 Å². The van der Waals surface area contributed by atoms with Crippen LogP contribution in [0.3, 0.4) is 0 Å². The molecule has 12 rings (SSSR count). The van der Waals surface area contributed by atoms with E-state index in [4.69, 9.17) is 95.6 Å². The number of hydrogen-bond donors (Lipinski definition) is 1. The van der Waals surface area contributed by atoms with E-state index in [0.717, 1.165) is 139 Å². The van der Waals surface area contributed by atoms with Gasteiger partial charge in [-0.15, -0.1) is 0 Å². The fourth-order valence-electron chi connectivity index (χ4n) is 12.9. The van der Waals surface area contributed by atoms with E-state index in [1.165, 1.54) is 69.2 Å². The average Bonchev–Trinajstić information content (AvgIpc) is 0.838. The number of benzene rings is 12. The highest BCUT2D eigenvalue weighted by Crippen LogP contribution is 2.37. The van der Waals surface area contributed by atoms with Gasteiger partial charge in [0.15, 0.2) is 30.5 Å². The number of hydrogen-bond acceptors (Lipinski definition) is 20. The fraction of sp³-hybridized carbons (Fsp3) is 0.264. The van der Waals surface area contributed by atoms with E-state index in [1.807, 2.05) is 238 Å². The Balaban J connectivity index is 0.000000211. The number of para-hydroxylation sites is 1. The summed E-state index contributed by atoms with van der Waals surface area (Å²) < 4.78 is 71.5. The molecule has 0 unspecified atom stereocenters. The third kappa shape index (κ3) is 35.2. The van der Waals surface area contributed by atoms with Crippen molar-refractivity contribution >= 4 is 127 Å². The molecule has 12 aromatic carbocycles. The number of thioether (sulfide) groups is 3. The Morgan fingerprint density at radius 2 is 0.602 bits per heavy atom. The zero-order chi connectivity index (χ0) is 93.7. The molecule has 0 fully saturated rings. The number of thiocarbonyl (C=S) groups is 3. The minimum absolute atomic E-state index is 0.0476. The van der Waals surface area contributed by atoms with E-state index in [-0.39, 0.29) is 27.8 Å². The number of ether oxygens (including phenoxy) is 10. The lowest BCUT2D eigenvalue weighted by atomic mass is 10.1. The van der Waals surface area contributed by atoms with Gasteiger partial charge in [-0.2, -0.15) is 12.6 Å². The van der Waals surface area contributed by atoms with Crippen molar-refractivity contribution in [3.05, 3.63) is 347 Å². The Bertz CT molecular complexity index is 5540. The molecule has 0 N–H and O–H groups in total. The van der Waals surface area contributed by atoms with Crippen LogP contribution in [0.25, 0.3) is 0 Å². The Morgan fingerprint density at radius 3 is 0.992 bits per heavy atom. The van der Waals surface area contributed by atoms with E-state index >= 15 is 0 Å². The van der Waals surface area contributed by atoms with Crippen molar-refractivity contribution in [2.75, 3.05) is 6.61 Å². The Kier molecular flexibility index (Phi) is 43.7. The Labute approximate surface area is 795 Å². The molecule has 0 aromatic heterocycles. The second-order valence-corrected chi connectivity index (χ2v) is 36.3. The second-order valence-electron chi connectivity index (χ2n) is 30.2. The van der Waals surface area contributed by atoms with Crippen LogP contribution < -0.4 is 47.4 Å². The van der Waals surface area contributed by atoms with Crippen molar-refractivity contribution in [1.82, 2.24) is 0 Å². The van der Waals surface area contributed by atoms with Crippen LogP contribution >= 0.6 is 96.2 Å². The summed E-state index contributed by atoms with van der Waals surface area (Å²) >= 11 is 29.2. The maximum Gasteiger partial charge on any atom is 0.190 e. The van der Waals surface area contributed by atoms with Crippen LogP contribution in [0.2, 0.25) is 5.02 Å². The summed E-state index contributed by atoms with van der Waals surface area (Å²) in [7, 11) is 0. The van der Waals surface area contributed by atoms with Crippen molar-refractivity contribution in [3.8, 4) is 57.5 Å². The maximum atomic E-state index is 14.0. The predicted octanol–water partition coefficient (Wildman–Crippen LogP) is 29.3. The molecule has 0 aliphatic heterocycles. The molecule has 0 spiro atoms. The molecule has 12 aromatic rings. The van der Waals surface area contributed by atoms with Crippen LogP contribution in [-0.2, 0) is 59.8 Å². The smallest absolute Gasteiger partial charge is 0.190 e. The van der Waals surface area contributed by atoms with E-state index in [9.17, 15) is 18.8 Å². The number of carbonyl (C=O) groups is 3. The summed E-state index contributed by atoms with van der Waals surface area (Å²) in [6.45, 7) is 41.1. The van der Waals surface area contributed by atoms with Crippen LogP contribution in [0.1, 0.15) is 160 Å². The molecule has 0 atom stereocenters. The third-order valence-corrected chi connectivity index (χ3v) is 22.6. The molecule has 672 valence electrons. The molecule has 0 heterocycles. The minimum atomic E-state index is -0.367. The summed E-state index contributed by atoms with van der Waals surface area (Å²) in [6, 6.07) is 72.1. The van der Waals surface area contributed by atoms with Gasteiger partial charge in [0.2, 0.25) is 0 Å². The van der Waals surface area contributed by atoms with Gasteiger partial charge in [-0.05, 0) is 269 Å². The van der Waals surface area contributed by atoms with E-state index in [2.05, 4.69) is 77.6 Å². The fourth-order valence-corrected chi connectivity index (χ4v) is 16.0. The van der Waals surface area contributed by atoms with Gasteiger partial charge in [0.1, 0.15) is 103 Å². The largest absolute Gasteiger partial charge is 0.493 e. The zero-order valence-corrected chi connectivity index (χ0v) is 83.0. The molecule has 0 saturated carbocycles. The molecule has 0 bridgehead atoms. The average molecular weight is 1870 g/mol. The summed E-state index contributed by atoms with van der Waals surface area (Å²) in [6.07, 6.45) is 0. The molecule has 22 heteroatoms. The van der Waals surface area contributed by atoms with Crippen molar-refractivity contribution in [2.24, 2.45) is 0 Å². The van der Waals surface area contributed by atoms with E-state index in [1.54, 1.807) is 53.7 Å². The van der Waals surface area contributed by atoms with Gasteiger partial charge in [-0.25, -0.2) is 4.39 Å². The first kappa shape index (κ1) is 105. The van der Waals surface area contributed by atoms with Gasteiger partial charge in [-0.1, -0.05) is 214 Å². The van der Waals surface area contributed by atoms with E-state index in [0.29, 0.717) is 82.6 Å². The standard InChI is InChI=1S/C19H22O3S.C18H20O2S2.C18H20O2S.C17H17ClO2S.C17H17FO2S.C17H18O2S/c1-5-21-18-7-6-8-19(23-15(4)20)16(18)12-22-17-10-9-13(2)11-14(17)3;1-12-7-8-17(13(2)9-12)20-10-16-15(11-21)5-4-6-18(16)22-14(3)19;1-12-8-9-17(14(3)10-12)20-11-16-13(2)6-5-7-18(16)21-15(4)19;2*1-11-7-8-16(12(2)9-11)19-10-14-15(18)5-4-6-17(14)20-13(3)21;1-12-8-9-16(13(2)10-12)18-11-15-6-4-5-7-17(15)19-14(3)20/h6-11H,5,12H2,1-4H3;4-9,21H,10-11H2,1-3H3;5-10H,11H2,1-4H3;2*4-9H,10H2,1-3H3;4-10H,11H2,1-3H3. The SMILES string of the molecule is CC(=O)Sc1cccc(C)c1COc1ccc(C)cc1C.CC(=O)Sc1cccc(CS)c1COc1ccc(C)cc1C.CC(=S)Oc1cccc(Cl)c1COc1ccc(C)cc1C.CC(=S)Oc1cccc(F)c1COc1ccc(C)cc1C.CC(=S)Oc1ccccc1COc1ccc(C)cc1C.CCOc1cccc(SC(C)=O)c1COc1ccc(C)cc1C. The van der Waals surface area contributed by atoms with Gasteiger partial charge >= 0.3 is 0 Å². The number of thiol groups is 1. The maximum absolute atomic E-state index is 14.0. The molecule has 0 saturated heterocycles. The van der Waals surface area contributed by atoms with Crippen LogP contribution in [0, 0.1) is 95.8 Å². The number of aryl methyl sites for hydroxylation is 13. The summed E-state index contributed by atoms with van der Waals surface area (Å²) in [5.74, 6) is 7.89. The highest BCUT2D eigenvalue weighted by Gasteiger charge is 2.19. The molecular weight excluding hydrogens is 1760 g/mol. The van der Waals surface area contributed by atoms with Gasteiger partial charge in [0, 0.05) is 84.2 Å². The van der Waals surface area contributed by atoms with Crippen molar-refractivity contribution in [3.63, 3.8) is 0 Å². The molecule has 0 amide bonds. The molecule has 13 nitrogen and oxygen atoms in total. The molecule has 0 aliphatic carbocycles. The normalized spacial score (nSPS) is 10.4. The van der Waals surface area contributed by atoms with Crippen molar-refractivity contribution in [2.45, 2.75) is 199 Å². The molecule has 128 heavy (non-hydrogen) atoms. The van der Waals surface area contributed by atoms with Crippen LogP contribution in [-0.4, -0.2) is 37.1 Å². The molecular formula is C106H114ClFO13S7. The van der Waals surface area contributed by atoms with E-state index < -0.39 is 0 Å². The number of rotatable bonds is 27. The predicted molar refractivity (Wildman–Crippen MR) is 540 cm³/mol. The van der Waals surface area contributed by atoms with Gasteiger partial charge in [0.25, 0.3) is 0 Å². The number of carbonyl (C=O) groups excluding carboxylic acids is 3. The zero-order valence-electron chi connectivity index (χ0n) is 76.5. The monoisotopic (exact) mass is 1870 g/mol. The third-order valence-electron chi connectivity index (χ3n) is 19.0. The first-order valence-electron chi connectivity index (χ1n) is 41.5. The quantitative estimate of drug-likeness (QED) is 0.0296. The number of halogens is 2. The Hall–Kier alpha value is -10.5. The summed E-state index contributed by atoms with van der Waals surface area (Å²) in [5.41, 5.74) is 21.2. The van der Waals surface area contributed by atoms with Crippen molar-refractivity contribution < 1.29 is 66.1 Å². The highest BCUT2D eigenvalue weighted by atomic mass is 35.5. The molecule has 0 aliphatic rings. The van der Waals surface area contributed by atoms with Crippen LogP contribution in [0.4, 0.5) is 4.39 Å². The Morgan fingerprint density at radius 1 is 0.305 bits per heavy atom. The lowest BCUT2D eigenvalue weighted by Crippen LogP contribution is -2.06. The second kappa shape index (κ2) is 53.5. The van der Waals surface area contributed by atoms with Crippen molar-refractivity contribution in [1.29, 1.82) is 0 Å². The lowest BCUT2D eigenvalue weighted by Gasteiger charge is -2.16. The highest BCUT2D eigenvalue weighted by molar-refractivity contribution is 8.14. The molecule has 0 radical (unpaired) electrons. The van der Waals surface area contributed by atoms with Gasteiger partial charge in [0.05, 0.1) is 22.8 Å². The summed E-state index contributed by atoms with van der Waals surface area (Å²) in [4.78, 5) is 37.1. The van der Waals surface area contributed by atoms with Gasteiger partial charge < -0.3 is 47.4 Å². The minimum Gasteiger partial charge on any atom is -0.493 e. The van der Waals surface area contributed by atoms with Crippen LogP contribution in [0.5, 0.6) is 57.5 Å². The van der Waals surface area contributed by atoms with Gasteiger partial charge in [-0.3, -0.25) is 14.4 Å².